The molecule has 174 valence electrons. The highest BCUT2D eigenvalue weighted by atomic mass is 35.5. The molecule has 9 nitrogen and oxygen atoms in total. The Kier molecular flexibility index (Phi) is 9.35. The lowest BCUT2D eigenvalue weighted by molar-refractivity contribution is -0.130. The van der Waals surface area contributed by atoms with E-state index in [1.165, 1.54) is 19.2 Å². The fraction of sp³-hybridized carbons (Fsp3) is 0.571. The highest BCUT2D eigenvalue weighted by Gasteiger charge is 2.47. The first-order valence-electron chi connectivity index (χ1n) is 10.3. The van der Waals surface area contributed by atoms with E-state index in [9.17, 15) is 18.8 Å². The van der Waals surface area contributed by atoms with Gasteiger partial charge in [0.05, 0.1) is 48.9 Å². The van der Waals surface area contributed by atoms with E-state index in [1.54, 1.807) is 0 Å². The van der Waals surface area contributed by atoms with E-state index in [-0.39, 0.29) is 42.4 Å². The lowest BCUT2D eigenvalue weighted by Gasteiger charge is -2.17. The molecule has 11 heteroatoms. The Hall–Kier alpha value is -2.77. The highest BCUT2D eigenvalue weighted by Crippen LogP contribution is 2.30. The number of nitrogens with zero attached hydrogens (tertiary/aromatic N) is 3. The van der Waals surface area contributed by atoms with Crippen molar-refractivity contribution < 1.29 is 23.5 Å². The predicted molar refractivity (Wildman–Crippen MR) is 115 cm³/mol. The Morgan fingerprint density at radius 2 is 2.16 bits per heavy atom. The number of rotatable bonds is 10. The molecule has 32 heavy (non-hydrogen) atoms. The topological polar surface area (TPSA) is 105 Å². The van der Waals surface area contributed by atoms with Crippen LogP contribution < -0.4 is 10.6 Å². The van der Waals surface area contributed by atoms with Gasteiger partial charge in [-0.3, -0.25) is 29.1 Å². The van der Waals surface area contributed by atoms with Gasteiger partial charge in [-0.2, -0.15) is 0 Å². The van der Waals surface area contributed by atoms with Crippen LogP contribution in [-0.4, -0.2) is 65.7 Å². The molecule has 2 rings (SSSR count). The van der Waals surface area contributed by atoms with Crippen molar-refractivity contribution in [2.45, 2.75) is 51.5 Å². The Morgan fingerprint density at radius 3 is 2.84 bits per heavy atom. The minimum atomic E-state index is -1.63. The molecule has 1 aliphatic heterocycles. The van der Waals surface area contributed by atoms with Gasteiger partial charge in [0.25, 0.3) is 5.91 Å². The smallest absolute Gasteiger partial charge is 0.303 e. The molecule has 0 spiro atoms. The molecule has 1 aromatic heterocycles. The first-order valence-corrected chi connectivity index (χ1v) is 10.7. The number of pyridine rings is 1. The van der Waals surface area contributed by atoms with Crippen molar-refractivity contribution in [2.24, 2.45) is 0 Å². The fourth-order valence-electron chi connectivity index (χ4n) is 3.18. The molecular weight excluding hydrogens is 441 g/mol. The highest BCUT2D eigenvalue weighted by molar-refractivity contribution is 6.33. The molecule has 0 saturated carbocycles. The van der Waals surface area contributed by atoms with Crippen LogP contribution in [0.5, 0.6) is 0 Å². The fourth-order valence-corrected chi connectivity index (χ4v) is 3.37. The quantitative estimate of drug-likeness (QED) is 0.405. The molecule has 2 N–H and O–H groups in total. The molecule has 1 aliphatic rings. The number of hydrogen-bond acceptors (Lipinski definition) is 5. The molecule has 0 aromatic carbocycles. The largest absolute Gasteiger partial charge is 0.381 e. The van der Waals surface area contributed by atoms with Gasteiger partial charge in [0, 0.05) is 19.2 Å². The van der Waals surface area contributed by atoms with Gasteiger partial charge < -0.3 is 15.4 Å². The third kappa shape index (κ3) is 7.43. The maximum absolute atomic E-state index is 14.2. The summed E-state index contributed by atoms with van der Waals surface area (Å²) in [5.74, 6) is -1.38. The van der Waals surface area contributed by atoms with Crippen molar-refractivity contribution >= 4 is 29.3 Å². The summed E-state index contributed by atoms with van der Waals surface area (Å²) in [5, 5.41) is 5.21. The molecule has 3 amide bonds. The summed E-state index contributed by atoms with van der Waals surface area (Å²) in [7, 11) is 0. The van der Waals surface area contributed by atoms with E-state index in [0.717, 1.165) is 11.3 Å². The van der Waals surface area contributed by atoms with Crippen molar-refractivity contribution in [2.75, 3.05) is 26.3 Å². The Morgan fingerprint density at radius 1 is 1.41 bits per heavy atom. The molecule has 0 aliphatic carbocycles. The van der Waals surface area contributed by atoms with Crippen LogP contribution in [0.25, 0.3) is 4.85 Å². The molecule has 0 radical (unpaired) electrons. The van der Waals surface area contributed by atoms with E-state index in [4.69, 9.17) is 22.9 Å². The summed E-state index contributed by atoms with van der Waals surface area (Å²) in [6, 6.07) is 1.42. The molecule has 0 bridgehead atoms. The number of likely N-dealkylation sites (tertiary alicyclic amines) is 1. The molecule has 1 saturated heterocycles. The monoisotopic (exact) mass is 467 g/mol. The second-order valence-electron chi connectivity index (χ2n) is 7.73. The first kappa shape index (κ1) is 25.5. The summed E-state index contributed by atoms with van der Waals surface area (Å²) >= 11 is 6.07. The van der Waals surface area contributed by atoms with Crippen molar-refractivity contribution in [1.29, 1.82) is 0 Å². The Balaban J connectivity index is 1.90. The standard InChI is InChI=1S/C21H27ClFN5O4/c1-4-6-32-7-5-18(29)26-10-14-8-15(16(22)11-25-14)20(31)27-12-19(30)28-13-21(2,23)9-17(28)24-3/h8,11,17H,4-7,9-10,12-13H2,1-2H3,(H,26,29)(H,27,31)/t17-,21?/m0/s1. The number of nitrogens with one attached hydrogen (secondary N) is 2. The van der Waals surface area contributed by atoms with E-state index in [2.05, 4.69) is 20.5 Å². The van der Waals surface area contributed by atoms with Gasteiger partial charge in [0.15, 0.2) is 0 Å². The van der Waals surface area contributed by atoms with Gasteiger partial charge in [-0.1, -0.05) is 18.5 Å². The minimum Gasteiger partial charge on any atom is -0.381 e. The van der Waals surface area contributed by atoms with Crippen LogP contribution in [0.2, 0.25) is 5.02 Å². The average Bonchev–Trinajstić information content (AvgIpc) is 3.09. The van der Waals surface area contributed by atoms with E-state index < -0.39 is 30.2 Å². The molecule has 2 atom stereocenters. The normalized spacial score (nSPS) is 20.0. The minimum absolute atomic E-state index is 0.0633. The first-order chi connectivity index (χ1) is 15.2. The lowest BCUT2D eigenvalue weighted by atomic mass is 10.1. The van der Waals surface area contributed by atoms with Crippen molar-refractivity contribution in [3.63, 3.8) is 0 Å². The number of amides is 3. The number of carbonyl (C=O) groups excluding carboxylic acids is 3. The third-order valence-corrected chi connectivity index (χ3v) is 5.08. The van der Waals surface area contributed by atoms with Gasteiger partial charge in [0.1, 0.15) is 5.67 Å². The van der Waals surface area contributed by atoms with Gasteiger partial charge in [0.2, 0.25) is 11.8 Å². The second kappa shape index (κ2) is 11.7. The summed E-state index contributed by atoms with van der Waals surface area (Å²) in [5.41, 5.74) is -1.14. The SMILES string of the molecule is [C-]#[N+][C@@H]1CC(C)(F)CN1C(=O)CNC(=O)c1cc(CNC(=O)CCOCCC)ncc1Cl. The average molecular weight is 468 g/mol. The molecule has 1 fully saturated rings. The number of aromatic nitrogens is 1. The van der Waals surface area contributed by atoms with Crippen LogP contribution in [0.3, 0.4) is 0 Å². The Labute approximate surface area is 191 Å². The van der Waals surface area contributed by atoms with Gasteiger partial charge >= 0.3 is 6.17 Å². The molecular formula is C21H27ClFN5O4. The van der Waals surface area contributed by atoms with Gasteiger partial charge in [-0.25, -0.2) is 11.0 Å². The second-order valence-corrected chi connectivity index (χ2v) is 8.13. The summed E-state index contributed by atoms with van der Waals surface area (Å²) in [6.07, 6.45) is 1.42. The predicted octanol–water partition coefficient (Wildman–Crippen LogP) is 2.10. The van der Waals surface area contributed by atoms with Crippen LogP contribution >= 0.6 is 11.6 Å². The lowest BCUT2D eigenvalue weighted by Crippen LogP contribution is -2.42. The zero-order valence-corrected chi connectivity index (χ0v) is 18.9. The number of halogens is 2. The maximum atomic E-state index is 14.2. The van der Waals surface area contributed by atoms with E-state index in [1.807, 2.05) is 6.92 Å². The summed E-state index contributed by atoms with van der Waals surface area (Å²) < 4.78 is 19.4. The zero-order valence-electron chi connectivity index (χ0n) is 18.1. The van der Waals surface area contributed by atoms with Gasteiger partial charge in [-0.15, -0.1) is 0 Å². The molecule has 1 unspecified atom stereocenters. The van der Waals surface area contributed by atoms with Crippen LogP contribution in [0, 0.1) is 6.57 Å². The van der Waals surface area contributed by atoms with Crippen LogP contribution in [0.15, 0.2) is 12.3 Å². The van der Waals surface area contributed by atoms with E-state index in [0.29, 0.717) is 18.9 Å². The zero-order chi connectivity index (χ0) is 23.7. The van der Waals surface area contributed by atoms with Crippen molar-refractivity contribution in [1.82, 2.24) is 20.5 Å². The number of hydrogen-bond donors (Lipinski definition) is 2. The summed E-state index contributed by atoms with van der Waals surface area (Å²) in [6.45, 7) is 10.9. The molecule has 1 aromatic rings. The number of carbonyl (C=O) groups is 3. The third-order valence-electron chi connectivity index (χ3n) is 4.78. The maximum Gasteiger partial charge on any atom is 0.303 e. The van der Waals surface area contributed by atoms with Crippen LogP contribution in [-0.2, 0) is 20.9 Å². The summed E-state index contributed by atoms with van der Waals surface area (Å²) in [4.78, 5) is 45.3. The number of ether oxygens (including phenoxy) is 1. The van der Waals surface area contributed by atoms with Crippen LogP contribution in [0.4, 0.5) is 4.39 Å². The Bertz CT molecular complexity index is 889. The van der Waals surface area contributed by atoms with Gasteiger partial charge in [-0.05, 0) is 19.4 Å². The van der Waals surface area contributed by atoms with E-state index >= 15 is 0 Å². The van der Waals surface area contributed by atoms with Crippen molar-refractivity contribution in [3.8, 4) is 0 Å². The number of alkyl halides is 1. The van der Waals surface area contributed by atoms with Crippen LogP contribution in [0.1, 0.15) is 49.2 Å². The molecule has 2 heterocycles. The van der Waals surface area contributed by atoms with Crippen molar-refractivity contribution in [3.05, 3.63) is 40.0 Å².